The van der Waals surface area contributed by atoms with Crippen LogP contribution in [0.3, 0.4) is 0 Å². The second-order valence-electron chi connectivity index (χ2n) is 8.37. The number of anilines is 1. The summed E-state index contributed by atoms with van der Waals surface area (Å²) in [7, 11) is 0. The predicted octanol–water partition coefficient (Wildman–Crippen LogP) is 5.41. The molecule has 3 N–H and O–H groups in total. The highest BCUT2D eigenvalue weighted by Crippen LogP contribution is 2.26. The predicted molar refractivity (Wildman–Crippen MR) is 128 cm³/mol. The van der Waals surface area contributed by atoms with Gasteiger partial charge in [0, 0.05) is 24.2 Å². The highest BCUT2D eigenvalue weighted by molar-refractivity contribution is 5.89. The van der Waals surface area contributed by atoms with Crippen molar-refractivity contribution in [2.75, 3.05) is 18.4 Å². The van der Waals surface area contributed by atoms with Gasteiger partial charge in [0.2, 0.25) is 0 Å². The summed E-state index contributed by atoms with van der Waals surface area (Å²) in [6, 6.07) is 24.1. The van der Waals surface area contributed by atoms with Crippen molar-refractivity contribution in [3.05, 3.63) is 89.7 Å². The Morgan fingerprint density at radius 3 is 2.48 bits per heavy atom. The van der Waals surface area contributed by atoms with Crippen molar-refractivity contribution in [1.82, 2.24) is 10.6 Å². The van der Waals surface area contributed by atoms with E-state index < -0.39 is 0 Å². The van der Waals surface area contributed by atoms with Crippen LogP contribution in [0.2, 0.25) is 0 Å². The fourth-order valence-corrected chi connectivity index (χ4v) is 3.78. The van der Waals surface area contributed by atoms with Crippen LogP contribution in [0.5, 0.6) is 0 Å². The normalized spacial score (nSPS) is 13.7. The van der Waals surface area contributed by atoms with Crippen LogP contribution in [0, 0.1) is 17.1 Å². The van der Waals surface area contributed by atoms with Crippen molar-refractivity contribution in [3.63, 3.8) is 0 Å². The minimum absolute atomic E-state index is 0.148. The van der Waals surface area contributed by atoms with E-state index in [-0.39, 0.29) is 17.8 Å². The Kier molecular flexibility index (Phi) is 7.33. The SMILES string of the molecule is N#Cc1cccc(-c2ccc(C(CCNC3CC3)CNC(=O)Nc3ccc(F)cc3)cc2)c1. The van der Waals surface area contributed by atoms with Crippen LogP contribution in [0.4, 0.5) is 14.9 Å². The number of benzene rings is 3. The number of amides is 2. The summed E-state index contributed by atoms with van der Waals surface area (Å²) < 4.78 is 13.1. The van der Waals surface area contributed by atoms with Crippen LogP contribution in [-0.4, -0.2) is 25.2 Å². The lowest BCUT2D eigenvalue weighted by molar-refractivity contribution is 0.251. The quantitative estimate of drug-likeness (QED) is 0.415. The molecule has 1 aliphatic rings. The smallest absolute Gasteiger partial charge is 0.319 e. The molecule has 33 heavy (non-hydrogen) atoms. The topological polar surface area (TPSA) is 77.0 Å². The third kappa shape index (κ3) is 6.64. The van der Waals surface area contributed by atoms with Crippen LogP contribution >= 0.6 is 0 Å². The van der Waals surface area contributed by atoms with E-state index in [4.69, 9.17) is 5.26 Å². The van der Waals surface area contributed by atoms with Gasteiger partial charge in [-0.2, -0.15) is 5.26 Å². The Bertz CT molecular complexity index is 1120. The van der Waals surface area contributed by atoms with E-state index in [9.17, 15) is 9.18 Å². The molecule has 1 fully saturated rings. The van der Waals surface area contributed by atoms with Crippen LogP contribution in [0.15, 0.2) is 72.8 Å². The van der Waals surface area contributed by atoms with Gasteiger partial charge in [-0.25, -0.2) is 9.18 Å². The number of nitrogens with zero attached hydrogens (tertiary/aromatic N) is 1. The fourth-order valence-electron chi connectivity index (χ4n) is 3.78. The number of halogens is 1. The summed E-state index contributed by atoms with van der Waals surface area (Å²) in [6.07, 6.45) is 3.37. The number of carbonyl (C=O) groups is 1. The van der Waals surface area contributed by atoms with Crippen molar-refractivity contribution in [2.45, 2.75) is 31.2 Å². The molecule has 0 aromatic heterocycles. The lowest BCUT2D eigenvalue weighted by atomic mass is 9.93. The van der Waals surface area contributed by atoms with Crippen molar-refractivity contribution in [3.8, 4) is 17.2 Å². The van der Waals surface area contributed by atoms with E-state index in [2.05, 4.69) is 46.3 Å². The van der Waals surface area contributed by atoms with Crippen LogP contribution in [-0.2, 0) is 0 Å². The second kappa shape index (κ2) is 10.8. The molecule has 168 valence electrons. The number of hydrogen-bond donors (Lipinski definition) is 3. The molecule has 2 amide bonds. The molecule has 1 unspecified atom stereocenters. The molecule has 0 aliphatic heterocycles. The maximum Gasteiger partial charge on any atom is 0.319 e. The highest BCUT2D eigenvalue weighted by atomic mass is 19.1. The zero-order chi connectivity index (χ0) is 23.0. The van der Waals surface area contributed by atoms with Gasteiger partial charge in [-0.05, 0) is 78.9 Å². The first kappa shape index (κ1) is 22.5. The third-order valence-corrected chi connectivity index (χ3v) is 5.82. The van der Waals surface area contributed by atoms with Crippen LogP contribution < -0.4 is 16.0 Å². The van der Waals surface area contributed by atoms with E-state index in [1.165, 1.54) is 37.1 Å². The van der Waals surface area contributed by atoms with Gasteiger partial charge < -0.3 is 16.0 Å². The number of urea groups is 1. The molecule has 0 bridgehead atoms. The van der Waals surface area contributed by atoms with Gasteiger partial charge >= 0.3 is 6.03 Å². The van der Waals surface area contributed by atoms with E-state index >= 15 is 0 Å². The molecule has 4 rings (SSSR count). The van der Waals surface area contributed by atoms with Gasteiger partial charge in [0.1, 0.15) is 5.82 Å². The fraction of sp³-hybridized carbons (Fsp3) is 0.259. The molecule has 3 aromatic carbocycles. The Hall–Kier alpha value is -3.69. The molecule has 0 heterocycles. The molecule has 3 aromatic rings. The first-order valence-electron chi connectivity index (χ1n) is 11.2. The number of hydrogen-bond acceptors (Lipinski definition) is 3. The molecule has 0 spiro atoms. The zero-order valence-electron chi connectivity index (χ0n) is 18.4. The second-order valence-corrected chi connectivity index (χ2v) is 8.37. The number of carbonyl (C=O) groups excluding carboxylic acids is 1. The van der Waals surface area contributed by atoms with Crippen molar-refractivity contribution in [2.24, 2.45) is 0 Å². The summed E-state index contributed by atoms with van der Waals surface area (Å²) in [4.78, 5) is 12.4. The molecule has 0 radical (unpaired) electrons. The van der Waals surface area contributed by atoms with Crippen LogP contribution in [0.1, 0.15) is 36.3 Å². The minimum atomic E-state index is -0.341. The van der Waals surface area contributed by atoms with Gasteiger partial charge in [-0.1, -0.05) is 36.4 Å². The summed E-state index contributed by atoms with van der Waals surface area (Å²) in [5, 5.41) is 18.4. The number of rotatable bonds is 9. The standard InChI is InChI=1S/C27H27FN4O/c28-24-8-10-26(11-9-24)32-27(33)31-18-23(14-15-30-25-12-13-25)21-6-4-20(5-7-21)22-3-1-2-19(16-22)17-29/h1-11,16,23,25,30H,12-15,18H2,(H2,31,32,33). The zero-order valence-corrected chi connectivity index (χ0v) is 18.4. The number of nitrogens with one attached hydrogen (secondary N) is 3. The molecule has 6 heteroatoms. The van der Waals surface area contributed by atoms with Gasteiger partial charge in [-0.15, -0.1) is 0 Å². The largest absolute Gasteiger partial charge is 0.337 e. The van der Waals surface area contributed by atoms with Crippen LogP contribution in [0.25, 0.3) is 11.1 Å². The molecule has 5 nitrogen and oxygen atoms in total. The van der Waals surface area contributed by atoms with Gasteiger partial charge in [0.15, 0.2) is 0 Å². The summed E-state index contributed by atoms with van der Waals surface area (Å²) in [5.74, 6) is -0.193. The molecular formula is C27H27FN4O. The Balaban J connectivity index is 1.41. The first-order valence-corrected chi connectivity index (χ1v) is 11.2. The van der Waals surface area contributed by atoms with Crippen molar-refractivity contribution < 1.29 is 9.18 Å². The van der Waals surface area contributed by atoms with E-state index in [0.29, 0.717) is 23.8 Å². The Morgan fingerprint density at radius 2 is 1.79 bits per heavy atom. The monoisotopic (exact) mass is 442 g/mol. The Labute approximate surface area is 193 Å². The van der Waals surface area contributed by atoms with Gasteiger partial charge in [-0.3, -0.25) is 0 Å². The molecule has 1 saturated carbocycles. The van der Waals surface area contributed by atoms with Crippen molar-refractivity contribution in [1.29, 1.82) is 5.26 Å². The average molecular weight is 443 g/mol. The van der Waals surface area contributed by atoms with E-state index in [1.54, 1.807) is 6.07 Å². The van der Waals surface area contributed by atoms with Gasteiger partial charge in [0.05, 0.1) is 11.6 Å². The highest BCUT2D eigenvalue weighted by Gasteiger charge is 2.21. The Morgan fingerprint density at radius 1 is 1.03 bits per heavy atom. The van der Waals surface area contributed by atoms with E-state index in [1.807, 2.05) is 18.2 Å². The lowest BCUT2D eigenvalue weighted by Crippen LogP contribution is -2.33. The average Bonchev–Trinajstić information content (AvgIpc) is 3.67. The first-order chi connectivity index (χ1) is 16.1. The summed E-state index contributed by atoms with van der Waals surface area (Å²) >= 11 is 0. The molecule has 1 aliphatic carbocycles. The maximum absolute atomic E-state index is 13.1. The van der Waals surface area contributed by atoms with Gasteiger partial charge in [0.25, 0.3) is 0 Å². The number of nitriles is 1. The van der Waals surface area contributed by atoms with Crippen molar-refractivity contribution >= 4 is 11.7 Å². The molecular weight excluding hydrogens is 415 g/mol. The molecule has 0 saturated heterocycles. The third-order valence-electron chi connectivity index (χ3n) is 5.82. The minimum Gasteiger partial charge on any atom is -0.337 e. The summed E-state index contributed by atoms with van der Waals surface area (Å²) in [5.41, 5.74) is 4.38. The van der Waals surface area contributed by atoms with E-state index in [0.717, 1.165) is 29.7 Å². The summed E-state index contributed by atoms with van der Waals surface area (Å²) in [6.45, 7) is 1.38. The molecule has 1 atom stereocenters. The lowest BCUT2D eigenvalue weighted by Gasteiger charge is -2.19. The maximum atomic E-state index is 13.1.